The van der Waals surface area contributed by atoms with Gasteiger partial charge >= 0.3 is 0 Å². The fourth-order valence-corrected chi connectivity index (χ4v) is 2.07. The molecular formula is C15H21ClN4. The molecule has 1 N–H and O–H groups in total. The zero-order chi connectivity index (χ0) is 14.8. The van der Waals surface area contributed by atoms with Crippen molar-refractivity contribution >= 4 is 11.6 Å². The fraction of sp³-hybridized carbons (Fsp3) is 0.467. The van der Waals surface area contributed by atoms with Crippen molar-refractivity contribution in [2.24, 2.45) is 0 Å². The maximum atomic E-state index is 6.23. The molecule has 108 valence electrons. The summed E-state index contributed by atoms with van der Waals surface area (Å²) in [4.78, 5) is 8.72. The lowest BCUT2D eigenvalue weighted by atomic mass is 10.1. The molecule has 20 heavy (non-hydrogen) atoms. The van der Waals surface area contributed by atoms with Crippen molar-refractivity contribution in [3.8, 4) is 5.82 Å². The Hall–Kier alpha value is -1.39. The number of nitrogens with zero attached hydrogens (tertiary/aromatic N) is 3. The summed E-state index contributed by atoms with van der Waals surface area (Å²) in [5, 5.41) is 4.13. The molecule has 2 rings (SSSR count). The first-order valence-electron chi connectivity index (χ1n) is 6.83. The van der Waals surface area contributed by atoms with Crippen LogP contribution in [-0.4, -0.2) is 20.1 Å². The zero-order valence-electron chi connectivity index (χ0n) is 12.4. The van der Waals surface area contributed by atoms with Crippen LogP contribution in [0, 0.1) is 0 Å². The minimum Gasteiger partial charge on any atom is -0.308 e. The van der Waals surface area contributed by atoms with E-state index in [4.69, 9.17) is 11.6 Å². The van der Waals surface area contributed by atoms with Gasteiger partial charge in [-0.25, -0.2) is 9.97 Å². The molecule has 2 heterocycles. The molecule has 0 amide bonds. The number of aryl methyl sites for hydroxylation is 1. The lowest BCUT2D eigenvalue weighted by Crippen LogP contribution is -2.35. The molecule has 0 bridgehead atoms. The van der Waals surface area contributed by atoms with E-state index in [9.17, 15) is 0 Å². The summed E-state index contributed by atoms with van der Waals surface area (Å²) < 4.78 is 2.00. The van der Waals surface area contributed by atoms with Gasteiger partial charge in [0.1, 0.15) is 11.6 Å². The van der Waals surface area contributed by atoms with Gasteiger partial charge in [0.15, 0.2) is 0 Å². The molecule has 0 aromatic carbocycles. The summed E-state index contributed by atoms with van der Waals surface area (Å²) in [5.41, 5.74) is 1.10. The number of imidazole rings is 1. The Balaban J connectivity index is 2.29. The van der Waals surface area contributed by atoms with Crippen LogP contribution in [0.3, 0.4) is 0 Å². The number of rotatable bonds is 4. The average molecular weight is 293 g/mol. The van der Waals surface area contributed by atoms with E-state index in [2.05, 4.69) is 43.0 Å². The Morgan fingerprint density at radius 1 is 1.30 bits per heavy atom. The number of halogens is 1. The summed E-state index contributed by atoms with van der Waals surface area (Å²) in [6, 6.07) is 2.02. The molecule has 0 fully saturated rings. The third-order valence-electron chi connectivity index (χ3n) is 3.01. The number of pyridine rings is 1. The molecule has 0 aliphatic carbocycles. The van der Waals surface area contributed by atoms with Crippen molar-refractivity contribution in [1.29, 1.82) is 0 Å². The molecule has 0 aliphatic heterocycles. The number of nitrogens with one attached hydrogen (secondary N) is 1. The molecule has 0 aliphatic rings. The van der Waals surface area contributed by atoms with E-state index in [1.165, 1.54) is 0 Å². The standard InChI is InChI=1S/C15H21ClN4/c1-5-13-17-6-7-20(13)14-8-11(12(16)10-18-14)9-19-15(2,3)4/h6-8,10,19H,5,9H2,1-4H3. The van der Waals surface area contributed by atoms with E-state index in [0.29, 0.717) is 11.6 Å². The Bertz CT molecular complexity index is 584. The van der Waals surface area contributed by atoms with Crippen molar-refractivity contribution in [3.63, 3.8) is 0 Å². The summed E-state index contributed by atoms with van der Waals surface area (Å²) in [5.74, 6) is 1.85. The predicted molar refractivity (Wildman–Crippen MR) is 82.3 cm³/mol. The molecule has 2 aromatic heterocycles. The van der Waals surface area contributed by atoms with Gasteiger partial charge in [-0.3, -0.25) is 4.57 Å². The van der Waals surface area contributed by atoms with Gasteiger partial charge in [-0.15, -0.1) is 0 Å². The van der Waals surface area contributed by atoms with E-state index >= 15 is 0 Å². The molecule has 4 nitrogen and oxygen atoms in total. The van der Waals surface area contributed by atoms with Crippen LogP contribution in [0.25, 0.3) is 5.82 Å². The molecule has 0 atom stereocenters. The maximum absolute atomic E-state index is 6.23. The van der Waals surface area contributed by atoms with E-state index in [1.54, 1.807) is 12.4 Å². The van der Waals surface area contributed by atoms with Crippen molar-refractivity contribution in [3.05, 3.63) is 41.1 Å². The van der Waals surface area contributed by atoms with Crippen LogP contribution < -0.4 is 5.32 Å². The van der Waals surface area contributed by atoms with Crippen molar-refractivity contribution in [2.45, 2.75) is 46.2 Å². The summed E-state index contributed by atoms with van der Waals surface area (Å²) in [6.45, 7) is 9.20. The summed E-state index contributed by atoms with van der Waals surface area (Å²) in [6.07, 6.45) is 6.29. The van der Waals surface area contributed by atoms with Crippen molar-refractivity contribution in [2.75, 3.05) is 0 Å². The monoisotopic (exact) mass is 292 g/mol. The van der Waals surface area contributed by atoms with Crippen LogP contribution in [0.4, 0.5) is 0 Å². The quantitative estimate of drug-likeness (QED) is 0.939. The minimum atomic E-state index is 0.0519. The highest BCUT2D eigenvalue weighted by atomic mass is 35.5. The second-order valence-corrected chi connectivity index (χ2v) is 6.21. The first-order chi connectivity index (χ1) is 9.40. The molecule has 0 saturated carbocycles. The van der Waals surface area contributed by atoms with Crippen LogP contribution >= 0.6 is 11.6 Å². The van der Waals surface area contributed by atoms with Crippen molar-refractivity contribution in [1.82, 2.24) is 19.9 Å². The predicted octanol–water partition coefficient (Wildman–Crippen LogP) is 3.37. The normalized spacial score (nSPS) is 11.8. The van der Waals surface area contributed by atoms with Gasteiger partial charge in [-0.05, 0) is 32.4 Å². The highest BCUT2D eigenvalue weighted by Crippen LogP contribution is 2.19. The minimum absolute atomic E-state index is 0.0519. The van der Waals surface area contributed by atoms with Crippen LogP contribution in [0.1, 0.15) is 39.1 Å². The molecule has 5 heteroatoms. The second-order valence-electron chi connectivity index (χ2n) is 5.80. The van der Waals surface area contributed by atoms with Gasteiger partial charge in [0.25, 0.3) is 0 Å². The molecule has 0 saturated heterocycles. The number of hydrogen-bond donors (Lipinski definition) is 1. The van der Waals surface area contributed by atoms with Crippen LogP contribution in [0.15, 0.2) is 24.7 Å². The van der Waals surface area contributed by atoms with E-state index in [0.717, 1.165) is 23.6 Å². The van der Waals surface area contributed by atoms with E-state index in [1.807, 2.05) is 16.8 Å². The highest BCUT2D eigenvalue weighted by molar-refractivity contribution is 6.31. The zero-order valence-corrected chi connectivity index (χ0v) is 13.2. The summed E-state index contributed by atoms with van der Waals surface area (Å²) in [7, 11) is 0. The molecule has 0 unspecified atom stereocenters. The Kier molecular flexibility index (Phi) is 4.45. The third kappa shape index (κ3) is 3.58. The maximum Gasteiger partial charge on any atom is 0.138 e. The molecular weight excluding hydrogens is 272 g/mol. The van der Waals surface area contributed by atoms with Crippen LogP contribution in [-0.2, 0) is 13.0 Å². The van der Waals surface area contributed by atoms with Gasteiger partial charge in [0.05, 0.1) is 5.02 Å². The Morgan fingerprint density at radius 3 is 2.70 bits per heavy atom. The van der Waals surface area contributed by atoms with Crippen LogP contribution in [0.5, 0.6) is 0 Å². The Labute approximate surface area is 125 Å². The van der Waals surface area contributed by atoms with Gasteiger partial charge in [0.2, 0.25) is 0 Å². The van der Waals surface area contributed by atoms with E-state index < -0.39 is 0 Å². The topological polar surface area (TPSA) is 42.7 Å². The molecule has 0 spiro atoms. The number of aromatic nitrogens is 3. The van der Waals surface area contributed by atoms with Crippen molar-refractivity contribution < 1.29 is 0 Å². The Morgan fingerprint density at radius 2 is 2.05 bits per heavy atom. The fourth-order valence-electron chi connectivity index (χ4n) is 1.90. The third-order valence-corrected chi connectivity index (χ3v) is 3.35. The SMILES string of the molecule is CCc1nccn1-c1cc(CNC(C)(C)C)c(Cl)cn1. The van der Waals surface area contributed by atoms with Gasteiger partial charge in [-0.1, -0.05) is 18.5 Å². The second kappa shape index (κ2) is 5.94. The molecule has 2 aromatic rings. The first-order valence-corrected chi connectivity index (χ1v) is 7.20. The average Bonchev–Trinajstić information content (AvgIpc) is 2.85. The van der Waals surface area contributed by atoms with Gasteiger partial charge in [0, 0.05) is 37.1 Å². The number of hydrogen-bond acceptors (Lipinski definition) is 3. The smallest absolute Gasteiger partial charge is 0.138 e. The lowest BCUT2D eigenvalue weighted by molar-refractivity contribution is 0.424. The van der Waals surface area contributed by atoms with Gasteiger partial charge < -0.3 is 5.32 Å². The first kappa shape index (κ1) is 15.0. The van der Waals surface area contributed by atoms with Crippen LogP contribution in [0.2, 0.25) is 5.02 Å². The summed E-state index contributed by atoms with van der Waals surface area (Å²) >= 11 is 6.23. The highest BCUT2D eigenvalue weighted by Gasteiger charge is 2.12. The van der Waals surface area contributed by atoms with Gasteiger partial charge in [-0.2, -0.15) is 0 Å². The largest absolute Gasteiger partial charge is 0.308 e. The van der Waals surface area contributed by atoms with E-state index in [-0.39, 0.29) is 5.54 Å². The molecule has 0 radical (unpaired) electrons. The lowest BCUT2D eigenvalue weighted by Gasteiger charge is -2.21.